The fourth-order valence-corrected chi connectivity index (χ4v) is 2.10. The molecule has 0 radical (unpaired) electrons. The van der Waals surface area contributed by atoms with Crippen molar-refractivity contribution in [3.63, 3.8) is 0 Å². The average Bonchev–Trinajstić information content (AvgIpc) is 2.80. The molecule has 2 saturated carbocycles. The number of carbonyl (C=O) groups excluding carboxylic acids is 1. The van der Waals surface area contributed by atoms with E-state index in [1.54, 1.807) is 0 Å². The van der Waals surface area contributed by atoms with Gasteiger partial charge in [-0.2, -0.15) is 0 Å². The summed E-state index contributed by atoms with van der Waals surface area (Å²) < 4.78 is 4.67. The molecule has 1 unspecified atom stereocenters. The largest absolute Gasteiger partial charge is 0.468 e. The number of rotatable bonds is 1. The molecular formula is C8H13NO2. The van der Waals surface area contributed by atoms with Crippen LogP contribution in [0, 0.1) is 5.41 Å². The Balaban J connectivity index is 2.16. The highest BCUT2D eigenvalue weighted by atomic mass is 16.5. The van der Waals surface area contributed by atoms with Crippen molar-refractivity contribution >= 4 is 5.97 Å². The first-order valence-corrected chi connectivity index (χ1v) is 4.02. The molecule has 2 rings (SSSR count). The molecule has 3 nitrogen and oxygen atoms in total. The van der Waals surface area contributed by atoms with Crippen LogP contribution in [0.3, 0.4) is 0 Å². The molecule has 2 fully saturated rings. The number of carbonyl (C=O) groups is 1. The van der Waals surface area contributed by atoms with Crippen molar-refractivity contribution in [2.45, 2.75) is 31.2 Å². The normalized spacial score (nSPS) is 38.0. The van der Waals surface area contributed by atoms with Crippen molar-refractivity contribution in [1.82, 2.24) is 0 Å². The summed E-state index contributed by atoms with van der Waals surface area (Å²) in [5.41, 5.74) is 5.45. The molecule has 0 aliphatic heterocycles. The third kappa shape index (κ3) is 0.644. The van der Waals surface area contributed by atoms with E-state index in [1.165, 1.54) is 7.11 Å². The molecule has 2 N–H and O–H groups in total. The van der Waals surface area contributed by atoms with Gasteiger partial charge in [-0.25, -0.2) is 0 Å². The van der Waals surface area contributed by atoms with Gasteiger partial charge in [0.05, 0.1) is 7.11 Å². The molecule has 2 aliphatic carbocycles. The SMILES string of the molecule is COC(=O)C1(N)CCC12CC2. The first-order valence-electron chi connectivity index (χ1n) is 4.02. The second kappa shape index (κ2) is 1.78. The Kier molecular flexibility index (Phi) is 1.15. The molecule has 0 aromatic heterocycles. The van der Waals surface area contributed by atoms with Gasteiger partial charge in [0.25, 0.3) is 0 Å². The highest BCUT2D eigenvalue weighted by Gasteiger charge is 2.68. The minimum absolute atomic E-state index is 0.153. The van der Waals surface area contributed by atoms with E-state index in [0.717, 1.165) is 25.7 Å². The number of methoxy groups -OCH3 is 1. The summed E-state index contributed by atoms with van der Waals surface area (Å²) in [5.74, 6) is -0.221. The monoisotopic (exact) mass is 155 g/mol. The molecular weight excluding hydrogens is 142 g/mol. The number of nitrogens with two attached hydrogens (primary N) is 1. The molecule has 1 atom stereocenters. The zero-order chi connectivity index (χ0) is 8.11. The quantitative estimate of drug-likeness (QED) is 0.559. The summed E-state index contributed by atoms with van der Waals surface area (Å²) in [6.45, 7) is 0. The van der Waals surface area contributed by atoms with Gasteiger partial charge in [-0.05, 0) is 31.1 Å². The topological polar surface area (TPSA) is 52.3 Å². The van der Waals surface area contributed by atoms with Crippen molar-refractivity contribution in [3.8, 4) is 0 Å². The summed E-state index contributed by atoms with van der Waals surface area (Å²) in [4.78, 5) is 11.2. The van der Waals surface area contributed by atoms with Crippen LogP contribution in [0.5, 0.6) is 0 Å². The standard InChI is InChI=1S/C8H13NO2/c1-11-6(10)8(9)5-4-7(8)2-3-7/h2-5,9H2,1H3. The molecule has 2 aliphatic rings. The average molecular weight is 155 g/mol. The van der Waals surface area contributed by atoms with E-state index in [4.69, 9.17) is 5.73 Å². The maximum absolute atomic E-state index is 11.2. The zero-order valence-electron chi connectivity index (χ0n) is 6.72. The van der Waals surface area contributed by atoms with Crippen LogP contribution in [0.2, 0.25) is 0 Å². The second-order valence-corrected chi connectivity index (χ2v) is 3.74. The number of hydrogen-bond acceptors (Lipinski definition) is 3. The third-order valence-corrected chi connectivity index (χ3v) is 3.35. The Morgan fingerprint density at radius 1 is 1.36 bits per heavy atom. The van der Waals surface area contributed by atoms with Crippen LogP contribution in [0.15, 0.2) is 0 Å². The lowest BCUT2D eigenvalue weighted by Crippen LogP contribution is -2.62. The minimum Gasteiger partial charge on any atom is -0.468 e. The van der Waals surface area contributed by atoms with Gasteiger partial charge < -0.3 is 10.5 Å². The van der Waals surface area contributed by atoms with E-state index >= 15 is 0 Å². The Labute approximate surface area is 65.9 Å². The van der Waals surface area contributed by atoms with Gasteiger partial charge >= 0.3 is 5.97 Å². The van der Waals surface area contributed by atoms with E-state index in [2.05, 4.69) is 4.74 Å². The lowest BCUT2D eigenvalue weighted by Gasteiger charge is -2.44. The van der Waals surface area contributed by atoms with Gasteiger partial charge in [0.1, 0.15) is 5.54 Å². The van der Waals surface area contributed by atoms with Crippen molar-refractivity contribution < 1.29 is 9.53 Å². The van der Waals surface area contributed by atoms with Gasteiger partial charge in [0.2, 0.25) is 0 Å². The maximum atomic E-state index is 11.2. The molecule has 0 bridgehead atoms. The number of hydrogen-bond donors (Lipinski definition) is 1. The fourth-order valence-electron chi connectivity index (χ4n) is 2.10. The Bertz CT molecular complexity index is 210. The van der Waals surface area contributed by atoms with Crippen LogP contribution < -0.4 is 5.73 Å². The minimum atomic E-state index is -0.623. The van der Waals surface area contributed by atoms with Crippen LogP contribution in [-0.2, 0) is 9.53 Å². The summed E-state index contributed by atoms with van der Waals surface area (Å²) in [6.07, 6.45) is 4.13. The molecule has 0 heterocycles. The molecule has 0 saturated heterocycles. The predicted octanol–water partition coefficient (Wildman–Crippen LogP) is 0.431. The molecule has 62 valence electrons. The number of ether oxygens (including phenoxy) is 1. The summed E-state index contributed by atoms with van der Waals surface area (Å²) in [6, 6.07) is 0. The first kappa shape index (κ1) is 7.10. The molecule has 0 aromatic rings. The van der Waals surface area contributed by atoms with E-state index in [0.29, 0.717) is 0 Å². The Morgan fingerprint density at radius 2 is 1.91 bits per heavy atom. The highest BCUT2D eigenvalue weighted by molar-refractivity contribution is 5.84. The van der Waals surface area contributed by atoms with Crippen LogP contribution in [0.4, 0.5) is 0 Å². The van der Waals surface area contributed by atoms with Crippen molar-refractivity contribution in [2.24, 2.45) is 11.1 Å². The van der Waals surface area contributed by atoms with E-state index < -0.39 is 5.54 Å². The van der Waals surface area contributed by atoms with Crippen molar-refractivity contribution in [3.05, 3.63) is 0 Å². The molecule has 0 amide bonds. The summed E-state index contributed by atoms with van der Waals surface area (Å²) in [7, 11) is 1.41. The van der Waals surface area contributed by atoms with E-state index in [9.17, 15) is 4.79 Å². The number of esters is 1. The second-order valence-electron chi connectivity index (χ2n) is 3.74. The van der Waals surface area contributed by atoms with Crippen LogP contribution in [0.25, 0.3) is 0 Å². The lowest BCUT2D eigenvalue weighted by molar-refractivity contribution is -0.155. The molecule has 0 aromatic carbocycles. The van der Waals surface area contributed by atoms with Crippen LogP contribution in [-0.4, -0.2) is 18.6 Å². The summed E-state index contributed by atoms with van der Waals surface area (Å²) in [5, 5.41) is 0. The smallest absolute Gasteiger partial charge is 0.326 e. The van der Waals surface area contributed by atoms with Crippen LogP contribution >= 0.6 is 0 Å². The fraction of sp³-hybridized carbons (Fsp3) is 0.875. The van der Waals surface area contributed by atoms with E-state index in [-0.39, 0.29) is 11.4 Å². The molecule has 1 spiro atoms. The van der Waals surface area contributed by atoms with Gasteiger partial charge in [-0.3, -0.25) is 4.79 Å². The van der Waals surface area contributed by atoms with Crippen molar-refractivity contribution in [1.29, 1.82) is 0 Å². The first-order chi connectivity index (χ1) is 5.15. The lowest BCUT2D eigenvalue weighted by atomic mass is 9.64. The third-order valence-electron chi connectivity index (χ3n) is 3.35. The maximum Gasteiger partial charge on any atom is 0.326 e. The van der Waals surface area contributed by atoms with Gasteiger partial charge in [-0.1, -0.05) is 0 Å². The summed E-state index contributed by atoms with van der Waals surface area (Å²) >= 11 is 0. The molecule has 11 heavy (non-hydrogen) atoms. The molecule has 3 heteroatoms. The van der Waals surface area contributed by atoms with Crippen LogP contribution in [0.1, 0.15) is 25.7 Å². The predicted molar refractivity (Wildman–Crippen MR) is 39.8 cm³/mol. The Morgan fingerprint density at radius 3 is 2.18 bits per heavy atom. The highest BCUT2D eigenvalue weighted by Crippen LogP contribution is 2.65. The van der Waals surface area contributed by atoms with Gasteiger partial charge in [0, 0.05) is 0 Å². The van der Waals surface area contributed by atoms with E-state index in [1.807, 2.05) is 0 Å². The van der Waals surface area contributed by atoms with Gasteiger partial charge in [-0.15, -0.1) is 0 Å². The van der Waals surface area contributed by atoms with Crippen molar-refractivity contribution in [2.75, 3.05) is 7.11 Å². The Hall–Kier alpha value is -0.570. The zero-order valence-corrected chi connectivity index (χ0v) is 6.72. The van der Waals surface area contributed by atoms with Gasteiger partial charge in [0.15, 0.2) is 0 Å².